The zero-order valence-electron chi connectivity index (χ0n) is 14.7. The Morgan fingerprint density at radius 2 is 1.82 bits per heavy atom. The highest BCUT2D eigenvalue weighted by Crippen LogP contribution is 2.18. The van der Waals surface area contributed by atoms with Crippen LogP contribution in [0.1, 0.15) is 57.6 Å². The Labute approximate surface area is 135 Å². The average Bonchev–Trinajstić information content (AvgIpc) is 2.46. The molecule has 0 aliphatic carbocycles. The molecule has 0 fully saturated rings. The monoisotopic (exact) mass is 305 g/mol. The smallest absolute Gasteiger partial charge is 0.260 e. The molecule has 1 aromatic carbocycles. The third kappa shape index (κ3) is 6.50. The summed E-state index contributed by atoms with van der Waals surface area (Å²) in [6.07, 6.45) is 4.25. The molecule has 1 aromatic rings. The highest BCUT2D eigenvalue weighted by Gasteiger charge is 2.16. The summed E-state index contributed by atoms with van der Waals surface area (Å²) in [5.41, 5.74) is 2.29. The van der Waals surface area contributed by atoms with Gasteiger partial charge >= 0.3 is 0 Å². The van der Waals surface area contributed by atoms with Crippen LogP contribution in [-0.2, 0) is 4.79 Å². The third-order valence-electron chi connectivity index (χ3n) is 3.99. The molecule has 0 saturated carbocycles. The van der Waals surface area contributed by atoms with Gasteiger partial charge in [0.15, 0.2) is 6.10 Å². The van der Waals surface area contributed by atoms with E-state index in [-0.39, 0.29) is 5.91 Å². The van der Waals surface area contributed by atoms with Gasteiger partial charge in [0, 0.05) is 6.54 Å². The van der Waals surface area contributed by atoms with E-state index < -0.39 is 6.10 Å². The Morgan fingerprint density at radius 1 is 1.18 bits per heavy atom. The van der Waals surface area contributed by atoms with E-state index in [2.05, 4.69) is 25.2 Å². The lowest BCUT2D eigenvalue weighted by molar-refractivity contribution is -0.127. The highest BCUT2D eigenvalue weighted by molar-refractivity contribution is 5.80. The summed E-state index contributed by atoms with van der Waals surface area (Å²) in [5.74, 6) is 1.30. The molecule has 0 unspecified atom stereocenters. The van der Waals surface area contributed by atoms with E-state index in [0.717, 1.165) is 29.8 Å². The lowest BCUT2D eigenvalue weighted by atomic mass is 9.99. The molecule has 0 spiro atoms. The second kappa shape index (κ2) is 9.50. The Bertz CT molecular complexity index is 450. The summed E-state index contributed by atoms with van der Waals surface area (Å²) in [6, 6.07) is 6.02. The number of hydrogen-bond donors (Lipinski definition) is 1. The van der Waals surface area contributed by atoms with Crippen LogP contribution in [0.3, 0.4) is 0 Å². The lowest BCUT2D eigenvalue weighted by Gasteiger charge is -2.19. The molecule has 0 aromatic heterocycles. The molecule has 0 saturated heterocycles. The fourth-order valence-corrected chi connectivity index (χ4v) is 2.59. The van der Waals surface area contributed by atoms with Crippen molar-refractivity contribution in [3.63, 3.8) is 0 Å². The fourth-order valence-electron chi connectivity index (χ4n) is 2.59. The molecule has 1 N–H and O–H groups in total. The van der Waals surface area contributed by atoms with Gasteiger partial charge in [-0.3, -0.25) is 4.79 Å². The topological polar surface area (TPSA) is 38.3 Å². The van der Waals surface area contributed by atoms with Gasteiger partial charge in [0.2, 0.25) is 0 Å². The summed E-state index contributed by atoms with van der Waals surface area (Å²) in [7, 11) is 0. The molecule has 3 nitrogen and oxygen atoms in total. The van der Waals surface area contributed by atoms with Gasteiger partial charge in [-0.1, -0.05) is 39.2 Å². The quantitative estimate of drug-likeness (QED) is 0.734. The number of nitrogens with one attached hydrogen (secondary N) is 1. The van der Waals surface area contributed by atoms with Gasteiger partial charge in [0.05, 0.1) is 0 Å². The first-order valence-electron chi connectivity index (χ1n) is 8.48. The molecule has 124 valence electrons. The molecule has 22 heavy (non-hydrogen) atoms. The van der Waals surface area contributed by atoms with Crippen LogP contribution < -0.4 is 10.1 Å². The number of carbonyl (C=O) groups excluding carboxylic acids is 1. The van der Waals surface area contributed by atoms with E-state index in [4.69, 9.17) is 4.74 Å². The van der Waals surface area contributed by atoms with Crippen LogP contribution in [0.15, 0.2) is 18.2 Å². The second-order valence-electron chi connectivity index (χ2n) is 6.25. The number of ether oxygens (including phenoxy) is 1. The van der Waals surface area contributed by atoms with Gasteiger partial charge in [-0.2, -0.15) is 0 Å². The van der Waals surface area contributed by atoms with Gasteiger partial charge in [-0.25, -0.2) is 0 Å². The lowest BCUT2D eigenvalue weighted by Crippen LogP contribution is -2.38. The van der Waals surface area contributed by atoms with Crippen molar-refractivity contribution in [2.75, 3.05) is 6.54 Å². The van der Waals surface area contributed by atoms with E-state index in [1.807, 2.05) is 26.0 Å². The first-order chi connectivity index (χ1) is 10.5. The van der Waals surface area contributed by atoms with Crippen LogP contribution in [0.4, 0.5) is 0 Å². The van der Waals surface area contributed by atoms with Gasteiger partial charge in [0.25, 0.3) is 5.91 Å². The Morgan fingerprint density at radius 3 is 2.36 bits per heavy atom. The van der Waals surface area contributed by atoms with Gasteiger partial charge in [-0.15, -0.1) is 0 Å². The van der Waals surface area contributed by atoms with Crippen LogP contribution >= 0.6 is 0 Å². The predicted molar refractivity (Wildman–Crippen MR) is 92.3 cm³/mol. The van der Waals surface area contributed by atoms with Crippen LogP contribution in [0.5, 0.6) is 5.75 Å². The molecule has 3 heteroatoms. The van der Waals surface area contributed by atoms with Gasteiger partial charge in [-0.05, 0) is 56.4 Å². The number of hydrogen-bond acceptors (Lipinski definition) is 2. The van der Waals surface area contributed by atoms with Crippen molar-refractivity contribution < 1.29 is 9.53 Å². The molecule has 2 atom stereocenters. The summed E-state index contributed by atoms with van der Waals surface area (Å²) in [6.45, 7) is 11.0. The third-order valence-corrected chi connectivity index (χ3v) is 3.99. The maximum absolute atomic E-state index is 12.2. The normalized spacial score (nSPS) is 13.5. The minimum atomic E-state index is -0.468. The van der Waals surface area contributed by atoms with Gasteiger partial charge < -0.3 is 10.1 Å². The van der Waals surface area contributed by atoms with Crippen molar-refractivity contribution in [2.24, 2.45) is 5.92 Å². The van der Waals surface area contributed by atoms with Crippen LogP contribution in [-0.4, -0.2) is 18.6 Å². The first kappa shape index (κ1) is 18.5. The number of carbonyl (C=O) groups is 1. The summed E-state index contributed by atoms with van der Waals surface area (Å²) >= 11 is 0. The number of unbranched alkanes of at least 4 members (excludes halogenated alkanes) is 1. The number of benzene rings is 1. The van der Waals surface area contributed by atoms with E-state index in [9.17, 15) is 4.79 Å². The first-order valence-corrected chi connectivity index (χ1v) is 8.48. The molecule has 1 rings (SSSR count). The molecular weight excluding hydrogens is 274 g/mol. The van der Waals surface area contributed by atoms with Gasteiger partial charge in [0.1, 0.15) is 5.75 Å². The minimum Gasteiger partial charge on any atom is -0.481 e. The molecule has 1 amide bonds. The number of rotatable bonds is 9. The van der Waals surface area contributed by atoms with Crippen molar-refractivity contribution in [3.05, 3.63) is 29.3 Å². The van der Waals surface area contributed by atoms with Crippen LogP contribution in [0.2, 0.25) is 0 Å². The molecule has 0 aliphatic rings. The molecule has 0 radical (unpaired) electrons. The molecule has 0 aliphatic heterocycles. The zero-order valence-corrected chi connectivity index (χ0v) is 14.7. The number of amides is 1. The van der Waals surface area contributed by atoms with E-state index in [1.165, 1.54) is 19.3 Å². The van der Waals surface area contributed by atoms with Crippen molar-refractivity contribution in [1.82, 2.24) is 5.32 Å². The van der Waals surface area contributed by atoms with Crippen molar-refractivity contribution in [1.29, 1.82) is 0 Å². The minimum absolute atomic E-state index is 0.0332. The molecule has 0 heterocycles. The van der Waals surface area contributed by atoms with Crippen LogP contribution in [0.25, 0.3) is 0 Å². The van der Waals surface area contributed by atoms with Crippen molar-refractivity contribution in [3.8, 4) is 5.75 Å². The van der Waals surface area contributed by atoms with E-state index in [1.54, 1.807) is 6.92 Å². The maximum atomic E-state index is 12.2. The standard InChI is InChI=1S/C19H31NO2/c1-6-8-9-17(7-2)13-20-19(21)16(5)22-18-11-14(3)10-15(4)12-18/h10-12,16-17H,6-9,13H2,1-5H3,(H,20,21)/t16-,17+/m1/s1. The largest absolute Gasteiger partial charge is 0.481 e. The molecule has 0 bridgehead atoms. The zero-order chi connectivity index (χ0) is 16.5. The summed E-state index contributed by atoms with van der Waals surface area (Å²) in [4.78, 5) is 12.2. The number of aryl methyl sites for hydroxylation is 2. The summed E-state index contributed by atoms with van der Waals surface area (Å²) < 4.78 is 5.77. The Balaban J connectivity index is 2.47. The van der Waals surface area contributed by atoms with E-state index >= 15 is 0 Å². The average molecular weight is 305 g/mol. The maximum Gasteiger partial charge on any atom is 0.260 e. The van der Waals surface area contributed by atoms with Crippen LogP contribution in [0, 0.1) is 19.8 Å². The van der Waals surface area contributed by atoms with E-state index in [0.29, 0.717) is 5.92 Å². The Hall–Kier alpha value is -1.51. The predicted octanol–water partition coefficient (Wildman–Crippen LogP) is 4.40. The highest BCUT2D eigenvalue weighted by atomic mass is 16.5. The Kier molecular flexibility index (Phi) is 8.00. The SMILES string of the molecule is CCCC[C@H](CC)CNC(=O)[C@@H](C)Oc1cc(C)cc(C)c1. The van der Waals surface area contributed by atoms with Crippen molar-refractivity contribution in [2.45, 2.75) is 66.4 Å². The van der Waals surface area contributed by atoms with Crippen molar-refractivity contribution >= 4 is 5.91 Å². The molecular formula is C19H31NO2. The second-order valence-corrected chi connectivity index (χ2v) is 6.25. The fraction of sp³-hybridized carbons (Fsp3) is 0.632. The summed E-state index contributed by atoms with van der Waals surface area (Å²) in [5, 5.41) is 3.03.